The van der Waals surface area contributed by atoms with E-state index in [9.17, 15) is 4.79 Å². The van der Waals surface area contributed by atoms with Crippen LogP contribution in [-0.4, -0.2) is 34.9 Å². The Hall–Kier alpha value is -1.10. The zero-order chi connectivity index (χ0) is 9.42. The Labute approximate surface area is 77.1 Å². The summed E-state index contributed by atoms with van der Waals surface area (Å²) in [7, 11) is 0. The van der Waals surface area contributed by atoms with Gasteiger partial charge in [-0.15, -0.1) is 5.12 Å². The van der Waals surface area contributed by atoms with E-state index in [-0.39, 0.29) is 6.03 Å². The molecule has 5 nitrogen and oxygen atoms in total. The highest BCUT2D eigenvalue weighted by Crippen LogP contribution is 2.40. The predicted molar refractivity (Wildman–Crippen MR) is 48.9 cm³/mol. The van der Waals surface area contributed by atoms with Gasteiger partial charge in [0.15, 0.2) is 0 Å². The van der Waals surface area contributed by atoms with Crippen molar-refractivity contribution in [2.24, 2.45) is 10.9 Å². The molecule has 0 aromatic rings. The van der Waals surface area contributed by atoms with Crippen LogP contribution in [0.4, 0.5) is 4.79 Å². The van der Waals surface area contributed by atoms with Gasteiger partial charge in [0.05, 0.1) is 12.1 Å². The fourth-order valence-electron chi connectivity index (χ4n) is 2.17. The zero-order valence-electron chi connectivity index (χ0n) is 7.52. The van der Waals surface area contributed by atoms with E-state index in [1.807, 2.05) is 4.90 Å². The van der Waals surface area contributed by atoms with Gasteiger partial charge >= 0.3 is 6.03 Å². The molecule has 1 saturated carbocycles. The van der Waals surface area contributed by atoms with E-state index in [1.54, 1.807) is 0 Å². The monoisotopic (exact) mass is 182 g/mol. The number of hydrogen-bond acceptors (Lipinski definition) is 3. The third-order valence-electron chi connectivity index (χ3n) is 2.89. The van der Waals surface area contributed by atoms with Crippen molar-refractivity contribution in [2.75, 3.05) is 0 Å². The van der Waals surface area contributed by atoms with Gasteiger partial charge < -0.3 is 4.90 Å². The molecule has 2 amide bonds. The Morgan fingerprint density at radius 3 is 2.46 bits per heavy atom. The number of urea groups is 1. The van der Waals surface area contributed by atoms with Crippen molar-refractivity contribution in [3.63, 3.8) is 0 Å². The maximum atomic E-state index is 11.5. The van der Waals surface area contributed by atoms with Gasteiger partial charge in [-0.1, -0.05) is 12.8 Å². The van der Waals surface area contributed by atoms with E-state index in [1.165, 1.54) is 12.8 Å². The number of amides is 2. The molecular weight excluding hydrogens is 168 g/mol. The number of hydrazone groups is 1. The summed E-state index contributed by atoms with van der Waals surface area (Å²) < 4.78 is 0. The van der Waals surface area contributed by atoms with Gasteiger partial charge in [-0.25, -0.2) is 10.6 Å². The van der Waals surface area contributed by atoms with Crippen LogP contribution in [-0.2, 0) is 0 Å². The fourth-order valence-corrected chi connectivity index (χ4v) is 2.17. The Kier molecular flexibility index (Phi) is 1.95. The largest absolute Gasteiger partial charge is 0.356 e. The number of hydrogen-bond donors (Lipinski definition) is 1. The van der Waals surface area contributed by atoms with Crippen LogP contribution in [0.1, 0.15) is 25.7 Å². The van der Waals surface area contributed by atoms with E-state index in [4.69, 9.17) is 5.84 Å². The Morgan fingerprint density at radius 2 is 2.00 bits per heavy atom. The van der Waals surface area contributed by atoms with E-state index < -0.39 is 0 Å². The van der Waals surface area contributed by atoms with Crippen molar-refractivity contribution in [3.05, 3.63) is 0 Å². The van der Waals surface area contributed by atoms with Gasteiger partial charge in [0.25, 0.3) is 0 Å². The van der Waals surface area contributed by atoms with Gasteiger partial charge in [-0.3, -0.25) is 0 Å². The molecule has 1 heterocycles. The highest BCUT2D eigenvalue weighted by molar-refractivity contribution is 5.77. The van der Waals surface area contributed by atoms with Gasteiger partial charge in [0, 0.05) is 6.72 Å². The smallest absolute Gasteiger partial charge is 0.312 e. The van der Waals surface area contributed by atoms with Gasteiger partial charge in [-0.05, 0) is 12.8 Å². The van der Waals surface area contributed by atoms with Crippen molar-refractivity contribution in [1.29, 1.82) is 0 Å². The first kappa shape index (κ1) is 8.50. The van der Waals surface area contributed by atoms with E-state index in [0.717, 1.165) is 18.0 Å². The molecule has 2 aliphatic rings. The predicted octanol–water partition coefficient (Wildman–Crippen LogP) is 0.524. The molecular formula is C8H14N4O. The van der Waals surface area contributed by atoms with Crippen molar-refractivity contribution >= 4 is 12.7 Å². The average Bonchev–Trinajstić information content (AvgIpc) is 2.89. The second-order valence-electron chi connectivity index (χ2n) is 3.59. The first-order valence-electron chi connectivity index (χ1n) is 4.59. The summed E-state index contributed by atoms with van der Waals surface area (Å²) in [6.45, 7) is 3.21. The normalized spacial score (nSPS) is 30.7. The molecule has 2 fully saturated rings. The van der Waals surface area contributed by atoms with E-state index in [0.29, 0.717) is 12.1 Å². The molecule has 2 atom stereocenters. The molecule has 0 radical (unpaired) electrons. The molecule has 72 valence electrons. The molecule has 0 spiro atoms. The third-order valence-corrected chi connectivity index (χ3v) is 2.89. The Morgan fingerprint density at radius 1 is 1.46 bits per heavy atom. The maximum Gasteiger partial charge on any atom is 0.356 e. The van der Waals surface area contributed by atoms with Crippen LogP contribution in [0.2, 0.25) is 0 Å². The fraction of sp³-hybridized carbons (Fsp3) is 0.750. The summed E-state index contributed by atoms with van der Waals surface area (Å²) in [5, 5.41) is 4.20. The minimum absolute atomic E-state index is 0.216. The van der Waals surface area contributed by atoms with Crippen LogP contribution < -0.4 is 5.84 Å². The van der Waals surface area contributed by atoms with Crippen LogP contribution in [0.25, 0.3) is 0 Å². The highest BCUT2D eigenvalue weighted by Gasteiger charge is 2.52. The standard InChI is InChI=1S/C8H14N4O/c1-10-12(9)8(13)11-6-4-2-3-5-7(6)11/h6-7H,1-5,9H2. The van der Waals surface area contributed by atoms with Gasteiger partial charge in [-0.2, -0.15) is 5.10 Å². The lowest BCUT2D eigenvalue weighted by Crippen LogP contribution is -2.36. The van der Waals surface area contributed by atoms with Crippen molar-refractivity contribution in [3.8, 4) is 0 Å². The van der Waals surface area contributed by atoms with Crippen LogP contribution in [0.5, 0.6) is 0 Å². The first-order chi connectivity index (χ1) is 6.25. The number of nitrogens with two attached hydrogens (primary N) is 1. The van der Waals surface area contributed by atoms with Crippen LogP contribution in [0, 0.1) is 0 Å². The Balaban J connectivity index is 1.96. The minimum Gasteiger partial charge on any atom is -0.312 e. The van der Waals surface area contributed by atoms with Gasteiger partial charge in [0.2, 0.25) is 0 Å². The summed E-state index contributed by atoms with van der Waals surface area (Å²) in [4.78, 5) is 13.3. The molecule has 2 N–H and O–H groups in total. The summed E-state index contributed by atoms with van der Waals surface area (Å²) in [5.41, 5.74) is 0. The zero-order valence-corrected chi connectivity index (χ0v) is 7.52. The lowest BCUT2D eigenvalue weighted by molar-refractivity contribution is 0.183. The average molecular weight is 182 g/mol. The molecule has 0 aromatic carbocycles. The second kappa shape index (κ2) is 2.99. The molecule has 1 aliphatic heterocycles. The van der Waals surface area contributed by atoms with Crippen molar-refractivity contribution in [1.82, 2.24) is 10.0 Å². The van der Waals surface area contributed by atoms with Crippen LogP contribution >= 0.6 is 0 Å². The number of carbonyl (C=O) groups is 1. The third kappa shape index (κ3) is 1.29. The number of hydrazine groups is 1. The molecule has 1 aliphatic carbocycles. The molecule has 2 unspecified atom stereocenters. The quantitative estimate of drug-likeness (QED) is 0.211. The SMILES string of the molecule is C=NN(N)C(=O)N1C2CCCCC21. The topological polar surface area (TPSA) is 61.7 Å². The van der Waals surface area contributed by atoms with Crippen molar-refractivity contribution in [2.45, 2.75) is 37.8 Å². The van der Waals surface area contributed by atoms with Crippen LogP contribution in [0.3, 0.4) is 0 Å². The molecule has 13 heavy (non-hydrogen) atoms. The number of rotatable bonds is 1. The summed E-state index contributed by atoms with van der Waals surface area (Å²) in [5.74, 6) is 5.32. The van der Waals surface area contributed by atoms with E-state index >= 15 is 0 Å². The lowest BCUT2D eigenvalue weighted by atomic mass is 10.0. The van der Waals surface area contributed by atoms with E-state index in [2.05, 4.69) is 11.8 Å². The number of nitrogens with zero attached hydrogens (tertiary/aromatic N) is 3. The molecule has 2 rings (SSSR count). The van der Waals surface area contributed by atoms with Gasteiger partial charge in [0.1, 0.15) is 0 Å². The number of fused-ring (bicyclic) bond motifs is 1. The minimum atomic E-state index is -0.216. The second-order valence-corrected chi connectivity index (χ2v) is 3.59. The Bertz CT molecular complexity index is 230. The van der Waals surface area contributed by atoms with Crippen molar-refractivity contribution < 1.29 is 4.79 Å². The first-order valence-corrected chi connectivity index (χ1v) is 4.59. The maximum absolute atomic E-state index is 11.5. The summed E-state index contributed by atoms with van der Waals surface area (Å²) in [6, 6.07) is 0.634. The summed E-state index contributed by atoms with van der Waals surface area (Å²) >= 11 is 0. The lowest BCUT2D eigenvalue weighted by Gasteiger charge is -2.10. The molecule has 0 aromatic heterocycles. The van der Waals surface area contributed by atoms with Crippen LogP contribution in [0.15, 0.2) is 5.10 Å². The summed E-state index contributed by atoms with van der Waals surface area (Å²) in [6.07, 6.45) is 4.66. The molecule has 0 bridgehead atoms. The highest BCUT2D eigenvalue weighted by atomic mass is 16.2. The number of likely N-dealkylation sites (tertiary alicyclic amines) is 1. The molecule has 5 heteroatoms. The molecule has 1 saturated heterocycles. The number of carbonyl (C=O) groups excluding carboxylic acids is 1.